The molecule has 1 fully saturated rings. The zero-order valence-electron chi connectivity index (χ0n) is 8.03. The Morgan fingerprint density at radius 3 is 2.54 bits per heavy atom. The second kappa shape index (κ2) is 4.37. The van der Waals surface area contributed by atoms with Gasteiger partial charge in [0, 0.05) is 6.54 Å². The van der Waals surface area contributed by atoms with E-state index < -0.39 is 17.7 Å². The third kappa shape index (κ3) is 2.02. The molecule has 4 heteroatoms. The Labute approximate surface area is 78.6 Å². The molecule has 1 heterocycles. The van der Waals surface area contributed by atoms with Crippen LogP contribution in [0.25, 0.3) is 0 Å². The molecule has 1 aliphatic rings. The van der Waals surface area contributed by atoms with E-state index in [0.717, 1.165) is 12.8 Å². The summed E-state index contributed by atoms with van der Waals surface area (Å²) in [6.07, 6.45) is 1.08. The van der Waals surface area contributed by atoms with Gasteiger partial charge in [0.25, 0.3) is 0 Å². The molecule has 78 valence electrons. The summed E-state index contributed by atoms with van der Waals surface area (Å²) in [5.41, 5.74) is -0.671. The van der Waals surface area contributed by atoms with Crippen LogP contribution in [0.4, 0.5) is 0 Å². The Morgan fingerprint density at radius 1 is 1.46 bits per heavy atom. The van der Waals surface area contributed by atoms with Crippen molar-refractivity contribution in [1.29, 1.82) is 0 Å². The number of aliphatic hydroxyl groups excluding tert-OH is 3. The summed E-state index contributed by atoms with van der Waals surface area (Å²) in [4.78, 5) is 0. The normalized spacial score (nSPS) is 39.7. The lowest BCUT2D eigenvalue weighted by atomic mass is 9.88. The predicted octanol–water partition coefficient (Wildman–Crippen LogP) is -0.767. The minimum Gasteiger partial charge on any atom is -0.394 e. The van der Waals surface area contributed by atoms with Gasteiger partial charge in [0.1, 0.15) is 6.10 Å². The quantitative estimate of drug-likeness (QED) is 0.469. The molecule has 0 amide bonds. The summed E-state index contributed by atoms with van der Waals surface area (Å²) in [7, 11) is 0. The van der Waals surface area contributed by atoms with Gasteiger partial charge >= 0.3 is 0 Å². The van der Waals surface area contributed by atoms with Crippen LogP contribution in [0.2, 0.25) is 0 Å². The molecule has 3 atom stereocenters. The summed E-state index contributed by atoms with van der Waals surface area (Å²) in [6, 6.07) is 0. The fourth-order valence-corrected chi connectivity index (χ4v) is 1.85. The molecule has 1 rings (SSSR count). The third-order valence-electron chi connectivity index (χ3n) is 2.85. The molecule has 4 N–H and O–H groups in total. The van der Waals surface area contributed by atoms with Gasteiger partial charge in [-0.1, -0.05) is 19.8 Å². The zero-order chi connectivity index (χ0) is 9.90. The van der Waals surface area contributed by atoms with E-state index >= 15 is 0 Å². The van der Waals surface area contributed by atoms with E-state index in [-0.39, 0.29) is 6.61 Å². The predicted molar refractivity (Wildman–Crippen MR) is 49.4 cm³/mol. The smallest absolute Gasteiger partial charge is 0.101 e. The highest BCUT2D eigenvalue weighted by Gasteiger charge is 2.45. The third-order valence-corrected chi connectivity index (χ3v) is 2.85. The van der Waals surface area contributed by atoms with Crippen molar-refractivity contribution in [2.75, 3.05) is 13.2 Å². The van der Waals surface area contributed by atoms with Gasteiger partial charge in [-0.2, -0.15) is 0 Å². The first-order chi connectivity index (χ1) is 6.16. The lowest BCUT2D eigenvalue weighted by Gasteiger charge is -2.31. The van der Waals surface area contributed by atoms with E-state index in [1.807, 2.05) is 0 Å². The highest BCUT2D eigenvalue weighted by atomic mass is 16.3. The van der Waals surface area contributed by atoms with Crippen LogP contribution >= 0.6 is 0 Å². The molecule has 1 saturated heterocycles. The number of rotatable bonds is 4. The first-order valence-corrected chi connectivity index (χ1v) is 4.88. The summed E-state index contributed by atoms with van der Waals surface area (Å²) in [5.74, 6) is 0. The summed E-state index contributed by atoms with van der Waals surface area (Å²) >= 11 is 0. The standard InChI is InChI=1S/C9H19NO3/c1-2-3-4-9(6-11)8(13)7(12)5-10-9/h7-8,10-13H,2-6H2,1H3/t7-,8+,9-/m0/s1. The molecule has 0 saturated carbocycles. The van der Waals surface area contributed by atoms with Gasteiger partial charge in [0.2, 0.25) is 0 Å². The minimum atomic E-state index is -0.843. The molecule has 0 aromatic rings. The van der Waals surface area contributed by atoms with Gasteiger partial charge < -0.3 is 20.6 Å². The molecule has 13 heavy (non-hydrogen) atoms. The van der Waals surface area contributed by atoms with Gasteiger partial charge in [-0.25, -0.2) is 0 Å². The van der Waals surface area contributed by atoms with Gasteiger partial charge in [0.15, 0.2) is 0 Å². The van der Waals surface area contributed by atoms with Crippen LogP contribution in [-0.4, -0.2) is 46.2 Å². The molecule has 0 radical (unpaired) electrons. The molecule has 0 bridgehead atoms. The number of nitrogens with one attached hydrogen (secondary N) is 1. The van der Waals surface area contributed by atoms with Crippen molar-refractivity contribution in [3.05, 3.63) is 0 Å². The van der Waals surface area contributed by atoms with Crippen molar-refractivity contribution in [3.63, 3.8) is 0 Å². The highest BCUT2D eigenvalue weighted by Crippen LogP contribution is 2.25. The molecule has 1 aliphatic heterocycles. The van der Waals surface area contributed by atoms with E-state index in [2.05, 4.69) is 12.2 Å². The van der Waals surface area contributed by atoms with Crippen molar-refractivity contribution >= 4 is 0 Å². The summed E-state index contributed by atoms with van der Waals surface area (Å²) in [5, 5.41) is 31.2. The van der Waals surface area contributed by atoms with E-state index in [1.165, 1.54) is 0 Å². The lowest BCUT2D eigenvalue weighted by molar-refractivity contribution is -0.0128. The molecule has 0 spiro atoms. The molecule has 0 aliphatic carbocycles. The lowest BCUT2D eigenvalue weighted by Crippen LogP contribution is -2.52. The minimum absolute atomic E-state index is 0.120. The maximum Gasteiger partial charge on any atom is 0.101 e. The second-order valence-electron chi connectivity index (χ2n) is 3.81. The zero-order valence-corrected chi connectivity index (χ0v) is 8.03. The summed E-state index contributed by atoms with van der Waals surface area (Å²) in [6.45, 7) is 2.31. The Balaban J connectivity index is 2.58. The molecule has 0 unspecified atom stereocenters. The van der Waals surface area contributed by atoms with Gasteiger partial charge in [-0.05, 0) is 6.42 Å². The topological polar surface area (TPSA) is 72.7 Å². The van der Waals surface area contributed by atoms with E-state index in [1.54, 1.807) is 0 Å². The SMILES string of the molecule is CCCC[C@@]1(CO)NC[C@H](O)[C@H]1O. The van der Waals surface area contributed by atoms with Crippen LogP contribution in [0.1, 0.15) is 26.2 Å². The maximum absolute atomic E-state index is 9.66. The van der Waals surface area contributed by atoms with E-state index in [4.69, 9.17) is 0 Å². The Bertz CT molecular complexity index is 165. The average Bonchev–Trinajstić information content (AvgIpc) is 2.43. The van der Waals surface area contributed by atoms with Gasteiger partial charge in [0.05, 0.1) is 18.2 Å². The van der Waals surface area contributed by atoms with Gasteiger partial charge in [-0.15, -0.1) is 0 Å². The maximum atomic E-state index is 9.66. The Morgan fingerprint density at radius 2 is 2.15 bits per heavy atom. The molecular weight excluding hydrogens is 170 g/mol. The number of β-amino-alcohol motifs (C(OH)–C–C–N with tert-alkyl or cyclic N) is 1. The van der Waals surface area contributed by atoms with Crippen LogP contribution in [-0.2, 0) is 0 Å². The highest BCUT2D eigenvalue weighted by molar-refractivity contribution is 5.04. The average molecular weight is 189 g/mol. The van der Waals surface area contributed by atoms with Gasteiger partial charge in [-0.3, -0.25) is 0 Å². The number of aliphatic hydroxyl groups is 3. The fourth-order valence-electron chi connectivity index (χ4n) is 1.85. The second-order valence-corrected chi connectivity index (χ2v) is 3.81. The van der Waals surface area contributed by atoms with Crippen LogP contribution in [0.5, 0.6) is 0 Å². The van der Waals surface area contributed by atoms with Crippen molar-refractivity contribution < 1.29 is 15.3 Å². The summed E-state index contributed by atoms with van der Waals surface area (Å²) < 4.78 is 0. The van der Waals surface area contributed by atoms with E-state index in [0.29, 0.717) is 13.0 Å². The molecule has 0 aromatic carbocycles. The molecule has 0 aromatic heterocycles. The fraction of sp³-hybridized carbons (Fsp3) is 1.00. The van der Waals surface area contributed by atoms with Crippen LogP contribution in [0, 0.1) is 0 Å². The Kier molecular flexibility index (Phi) is 3.67. The first-order valence-electron chi connectivity index (χ1n) is 4.88. The largest absolute Gasteiger partial charge is 0.394 e. The Hall–Kier alpha value is -0.160. The van der Waals surface area contributed by atoms with Crippen molar-refractivity contribution in [1.82, 2.24) is 5.32 Å². The van der Waals surface area contributed by atoms with Crippen molar-refractivity contribution in [2.45, 2.75) is 43.9 Å². The molecule has 4 nitrogen and oxygen atoms in total. The molecular formula is C9H19NO3. The van der Waals surface area contributed by atoms with Crippen LogP contribution in [0.15, 0.2) is 0 Å². The van der Waals surface area contributed by atoms with Crippen LogP contribution < -0.4 is 5.32 Å². The van der Waals surface area contributed by atoms with E-state index in [9.17, 15) is 15.3 Å². The van der Waals surface area contributed by atoms with Crippen molar-refractivity contribution in [3.8, 4) is 0 Å². The van der Waals surface area contributed by atoms with Crippen LogP contribution in [0.3, 0.4) is 0 Å². The van der Waals surface area contributed by atoms with Crippen molar-refractivity contribution in [2.24, 2.45) is 0 Å². The number of hydrogen-bond donors (Lipinski definition) is 4. The number of unbranched alkanes of at least 4 members (excludes halogenated alkanes) is 1. The number of hydrogen-bond acceptors (Lipinski definition) is 4. The first kappa shape index (κ1) is 10.9. The monoisotopic (exact) mass is 189 g/mol.